The first-order valence-electron chi connectivity index (χ1n) is 8.40. The van der Waals surface area contributed by atoms with E-state index < -0.39 is 0 Å². The monoisotopic (exact) mass is 344 g/mol. The van der Waals surface area contributed by atoms with Crippen LogP contribution < -0.4 is 0 Å². The van der Waals surface area contributed by atoms with Gasteiger partial charge in [-0.05, 0) is 19.8 Å². The fourth-order valence-electron chi connectivity index (χ4n) is 2.83. The third-order valence-corrected chi connectivity index (χ3v) is 5.33. The maximum atomic E-state index is 11.7. The number of hydrogen-bond acceptors (Lipinski definition) is 5. The zero-order chi connectivity index (χ0) is 17.1. The summed E-state index contributed by atoms with van der Waals surface area (Å²) in [6.07, 6.45) is 2.42. The molecule has 0 N–H and O–H groups in total. The zero-order valence-corrected chi connectivity index (χ0v) is 15.3. The molecule has 1 aromatic heterocycles. The molecule has 1 heterocycles. The highest BCUT2D eigenvalue weighted by molar-refractivity contribution is 7.13. The van der Waals surface area contributed by atoms with Crippen LogP contribution >= 0.6 is 11.3 Å². The number of hydrogen-bond donors (Lipinski definition) is 0. The summed E-state index contributed by atoms with van der Waals surface area (Å²) in [5, 5.41) is 3.19. The van der Waals surface area contributed by atoms with Crippen molar-refractivity contribution in [2.75, 3.05) is 13.7 Å². The molecule has 0 unspecified atom stereocenters. The summed E-state index contributed by atoms with van der Waals surface area (Å²) in [6.45, 7) is 5.55. The number of ether oxygens (including phenoxy) is 1. The molecule has 1 saturated carbocycles. The number of aromatic nitrogens is 1. The van der Waals surface area contributed by atoms with Crippen LogP contribution in [0, 0.1) is 12.8 Å². The molecule has 1 aromatic carbocycles. The minimum absolute atomic E-state index is 0.106. The Morgan fingerprint density at radius 3 is 2.71 bits per heavy atom. The zero-order valence-electron chi connectivity index (χ0n) is 14.5. The molecule has 0 radical (unpaired) electrons. The first-order chi connectivity index (χ1) is 11.6. The summed E-state index contributed by atoms with van der Waals surface area (Å²) < 4.78 is 4.86. The topological polar surface area (TPSA) is 42.4 Å². The van der Waals surface area contributed by atoms with Gasteiger partial charge in [-0.1, -0.05) is 36.8 Å². The minimum atomic E-state index is -0.140. The van der Waals surface area contributed by atoms with Crippen LogP contribution in [0.25, 0.3) is 10.6 Å². The van der Waals surface area contributed by atoms with Crippen molar-refractivity contribution in [3.63, 3.8) is 0 Å². The Kier molecular flexibility index (Phi) is 5.31. The first kappa shape index (κ1) is 17.1. The summed E-state index contributed by atoms with van der Waals surface area (Å²) in [4.78, 5) is 18.9. The maximum Gasteiger partial charge on any atom is 0.309 e. The lowest BCUT2D eigenvalue weighted by molar-refractivity contribution is -0.145. The van der Waals surface area contributed by atoms with Crippen LogP contribution in [0.3, 0.4) is 0 Å². The fourth-order valence-corrected chi connectivity index (χ4v) is 3.64. The van der Waals surface area contributed by atoms with Gasteiger partial charge in [-0.25, -0.2) is 4.98 Å². The molecule has 1 aliphatic rings. The molecule has 3 rings (SSSR count). The number of carbonyl (C=O) groups excluding carboxylic acids is 1. The van der Waals surface area contributed by atoms with Gasteiger partial charge in [0.25, 0.3) is 0 Å². The van der Waals surface area contributed by atoms with Crippen LogP contribution in [-0.4, -0.2) is 35.5 Å². The van der Waals surface area contributed by atoms with Crippen LogP contribution in [0.4, 0.5) is 0 Å². The molecular weight excluding hydrogens is 320 g/mol. The average molecular weight is 344 g/mol. The number of benzene rings is 1. The second-order valence-electron chi connectivity index (χ2n) is 6.59. The lowest BCUT2D eigenvalue weighted by atomic mass is 10.1. The molecule has 24 heavy (non-hydrogen) atoms. The van der Waals surface area contributed by atoms with Crippen molar-refractivity contribution in [2.45, 2.75) is 39.3 Å². The normalized spacial score (nSPS) is 15.5. The first-order valence-corrected chi connectivity index (χ1v) is 9.28. The van der Waals surface area contributed by atoms with Crippen molar-refractivity contribution in [1.82, 2.24) is 9.88 Å². The van der Waals surface area contributed by atoms with Crippen molar-refractivity contribution in [3.8, 4) is 10.6 Å². The van der Waals surface area contributed by atoms with Gasteiger partial charge in [0, 0.05) is 30.1 Å². The summed E-state index contributed by atoms with van der Waals surface area (Å²) in [6, 6.07) is 9.06. The summed E-state index contributed by atoms with van der Waals surface area (Å²) in [7, 11) is 1.45. The lowest BCUT2D eigenvalue weighted by Crippen LogP contribution is -2.33. The van der Waals surface area contributed by atoms with Gasteiger partial charge in [-0.15, -0.1) is 11.3 Å². The molecule has 1 fully saturated rings. The summed E-state index contributed by atoms with van der Waals surface area (Å²) >= 11 is 1.68. The van der Waals surface area contributed by atoms with Crippen molar-refractivity contribution < 1.29 is 9.53 Å². The summed E-state index contributed by atoms with van der Waals surface area (Å²) in [5.74, 6) is -0.245. The second kappa shape index (κ2) is 7.45. The highest BCUT2D eigenvalue weighted by atomic mass is 32.1. The van der Waals surface area contributed by atoms with Crippen LogP contribution in [0.5, 0.6) is 0 Å². The van der Waals surface area contributed by atoms with Crippen LogP contribution in [0.15, 0.2) is 29.6 Å². The highest BCUT2D eigenvalue weighted by Crippen LogP contribution is 2.30. The van der Waals surface area contributed by atoms with E-state index in [1.807, 2.05) is 6.92 Å². The maximum absolute atomic E-state index is 11.7. The van der Waals surface area contributed by atoms with Gasteiger partial charge in [0.2, 0.25) is 0 Å². The molecule has 1 aliphatic carbocycles. The van der Waals surface area contributed by atoms with E-state index in [9.17, 15) is 4.79 Å². The van der Waals surface area contributed by atoms with E-state index in [1.165, 1.54) is 25.5 Å². The van der Waals surface area contributed by atoms with Gasteiger partial charge in [0.15, 0.2) is 0 Å². The Balaban J connectivity index is 1.67. The number of aryl methyl sites for hydroxylation is 1. The number of rotatable bonds is 7. The van der Waals surface area contributed by atoms with Crippen molar-refractivity contribution >= 4 is 17.3 Å². The Labute approximate surface area is 147 Å². The van der Waals surface area contributed by atoms with E-state index >= 15 is 0 Å². The average Bonchev–Trinajstić information content (AvgIpc) is 3.33. The number of thiazole rings is 1. The Bertz CT molecular complexity index is 692. The Hall–Kier alpha value is -1.72. The lowest BCUT2D eigenvalue weighted by Gasteiger charge is -2.23. The molecule has 0 amide bonds. The van der Waals surface area contributed by atoms with Gasteiger partial charge in [-0.3, -0.25) is 9.69 Å². The van der Waals surface area contributed by atoms with Crippen molar-refractivity contribution in [3.05, 3.63) is 40.9 Å². The molecule has 128 valence electrons. The number of methoxy groups -OCH3 is 1. The number of esters is 1. The Morgan fingerprint density at radius 2 is 2.08 bits per heavy atom. The second-order valence-corrected chi connectivity index (χ2v) is 7.45. The minimum Gasteiger partial charge on any atom is -0.469 e. The quantitative estimate of drug-likeness (QED) is 0.715. The van der Waals surface area contributed by atoms with Crippen LogP contribution in [0.1, 0.15) is 31.0 Å². The Morgan fingerprint density at radius 1 is 1.38 bits per heavy atom. The van der Waals surface area contributed by atoms with E-state index in [2.05, 4.69) is 41.5 Å². The molecule has 4 nitrogen and oxygen atoms in total. The molecular formula is C19H24N2O2S. The van der Waals surface area contributed by atoms with E-state index in [0.29, 0.717) is 6.04 Å². The van der Waals surface area contributed by atoms with Crippen molar-refractivity contribution in [1.29, 1.82) is 0 Å². The SMILES string of the molecule is COC(=O)[C@H](C)CN(Cc1csc(-c2ccc(C)cc2)n1)C1CC1. The van der Waals surface area contributed by atoms with Gasteiger partial charge < -0.3 is 4.74 Å². The van der Waals surface area contributed by atoms with E-state index in [1.54, 1.807) is 11.3 Å². The predicted molar refractivity (Wildman–Crippen MR) is 96.9 cm³/mol. The molecule has 0 aliphatic heterocycles. The van der Waals surface area contributed by atoms with Crippen LogP contribution in [-0.2, 0) is 16.1 Å². The predicted octanol–water partition coefficient (Wildman–Crippen LogP) is 3.89. The van der Waals surface area contributed by atoms with E-state index in [0.717, 1.165) is 29.4 Å². The van der Waals surface area contributed by atoms with Crippen LogP contribution in [0.2, 0.25) is 0 Å². The standard InChI is InChI=1S/C19H24N2O2S/c1-13-4-6-15(7-5-13)18-20-16(12-24-18)11-21(17-8-9-17)10-14(2)19(22)23-3/h4-7,12,14,17H,8-11H2,1-3H3/t14-/m1/s1. The summed E-state index contributed by atoms with van der Waals surface area (Å²) in [5.41, 5.74) is 3.50. The van der Waals surface area contributed by atoms with Crippen molar-refractivity contribution in [2.24, 2.45) is 5.92 Å². The molecule has 0 bridgehead atoms. The molecule has 2 aromatic rings. The van der Waals surface area contributed by atoms with Gasteiger partial charge in [-0.2, -0.15) is 0 Å². The molecule has 5 heteroatoms. The molecule has 1 atom stereocenters. The van der Waals surface area contributed by atoms with Gasteiger partial charge in [0.05, 0.1) is 18.7 Å². The van der Waals surface area contributed by atoms with Gasteiger partial charge in [0.1, 0.15) is 5.01 Å². The third-order valence-electron chi connectivity index (χ3n) is 4.39. The molecule has 0 spiro atoms. The number of nitrogens with zero attached hydrogens (tertiary/aromatic N) is 2. The smallest absolute Gasteiger partial charge is 0.309 e. The fraction of sp³-hybridized carbons (Fsp3) is 0.474. The van der Waals surface area contributed by atoms with E-state index in [4.69, 9.17) is 9.72 Å². The largest absolute Gasteiger partial charge is 0.469 e. The number of carbonyl (C=O) groups is 1. The van der Waals surface area contributed by atoms with E-state index in [-0.39, 0.29) is 11.9 Å². The third kappa shape index (κ3) is 4.22. The highest BCUT2D eigenvalue weighted by Gasteiger charge is 2.31. The molecule has 0 saturated heterocycles. The van der Waals surface area contributed by atoms with Gasteiger partial charge >= 0.3 is 5.97 Å².